The summed E-state index contributed by atoms with van der Waals surface area (Å²) in [7, 11) is 0. The number of allylic oxidation sites excluding steroid dienone is 1. The SMILES string of the molecule is O=[N+]([O-])C1=C2N(Cc3ccc(Cl)nc3)CCN2C(OCc2ccc(Cl)nc2)CC1. The number of fused-ring (bicyclic) bond motifs is 1. The third-order valence-corrected chi connectivity index (χ3v) is 5.48. The van der Waals surface area contributed by atoms with Gasteiger partial charge in [0.2, 0.25) is 0 Å². The van der Waals surface area contributed by atoms with Gasteiger partial charge in [-0.3, -0.25) is 10.1 Å². The fourth-order valence-corrected chi connectivity index (χ4v) is 3.91. The molecule has 1 unspecified atom stereocenters. The monoisotopic (exact) mass is 435 g/mol. The van der Waals surface area contributed by atoms with E-state index in [1.54, 1.807) is 24.5 Å². The molecule has 4 heterocycles. The predicted octanol–water partition coefficient (Wildman–Crippen LogP) is 3.68. The van der Waals surface area contributed by atoms with Crippen LogP contribution in [0.25, 0.3) is 0 Å². The van der Waals surface area contributed by atoms with Crippen LogP contribution in [0.3, 0.4) is 0 Å². The smallest absolute Gasteiger partial charge is 0.286 e. The summed E-state index contributed by atoms with van der Waals surface area (Å²) in [5, 5.41) is 12.5. The lowest BCUT2D eigenvalue weighted by atomic mass is 10.1. The molecule has 10 heteroatoms. The molecule has 2 aliphatic heterocycles. The van der Waals surface area contributed by atoms with Crippen LogP contribution in [0, 0.1) is 10.1 Å². The molecule has 29 heavy (non-hydrogen) atoms. The highest BCUT2D eigenvalue weighted by molar-refractivity contribution is 6.29. The largest absolute Gasteiger partial charge is 0.354 e. The van der Waals surface area contributed by atoms with Gasteiger partial charge in [-0.2, -0.15) is 0 Å². The van der Waals surface area contributed by atoms with Crippen LogP contribution >= 0.6 is 23.2 Å². The van der Waals surface area contributed by atoms with Crippen molar-refractivity contribution in [2.75, 3.05) is 13.1 Å². The van der Waals surface area contributed by atoms with Crippen molar-refractivity contribution in [1.29, 1.82) is 0 Å². The van der Waals surface area contributed by atoms with Gasteiger partial charge < -0.3 is 14.5 Å². The van der Waals surface area contributed by atoms with Crippen molar-refractivity contribution in [3.05, 3.63) is 79.7 Å². The molecule has 8 nitrogen and oxygen atoms in total. The highest BCUT2D eigenvalue weighted by Gasteiger charge is 2.41. The summed E-state index contributed by atoms with van der Waals surface area (Å²) in [5.41, 5.74) is 2.09. The van der Waals surface area contributed by atoms with E-state index in [1.807, 2.05) is 21.9 Å². The molecule has 4 rings (SSSR count). The summed E-state index contributed by atoms with van der Waals surface area (Å²) < 4.78 is 6.09. The van der Waals surface area contributed by atoms with Crippen LogP contribution in [-0.2, 0) is 17.9 Å². The molecule has 1 fully saturated rings. The summed E-state index contributed by atoms with van der Waals surface area (Å²) in [6.07, 6.45) is 4.07. The molecule has 0 saturated carbocycles. The molecule has 0 amide bonds. The molecule has 2 aromatic heterocycles. The molecule has 152 valence electrons. The van der Waals surface area contributed by atoms with Crippen molar-refractivity contribution < 1.29 is 9.66 Å². The zero-order chi connectivity index (χ0) is 20.4. The van der Waals surface area contributed by atoms with Crippen LogP contribution < -0.4 is 0 Å². The number of ether oxygens (including phenoxy) is 1. The molecule has 2 aromatic rings. The number of nitro groups is 1. The second-order valence-electron chi connectivity index (χ2n) is 6.93. The summed E-state index contributed by atoms with van der Waals surface area (Å²) >= 11 is 11.7. The topological polar surface area (TPSA) is 84.6 Å². The summed E-state index contributed by atoms with van der Waals surface area (Å²) in [4.78, 5) is 23.6. The van der Waals surface area contributed by atoms with Crippen LogP contribution in [-0.4, -0.2) is 44.0 Å². The zero-order valence-corrected chi connectivity index (χ0v) is 17.0. The fraction of sp³-hybridized carbons (Fsp3) is 0.368. The fourth-order valence-electron chi connectivity index (χ4n) is 3.68. The average molecular weight is 436 g/mol. The summed E-state index contributed by atoms with van der Waals surface area (Å²) in [5.74, 6) is 0.635. The number of nitrogens with zero attached hydrogens (tertiary/aromatic N) is 5. The first-order chi connectivity index (χ1) is 14.0. The second kappa shape index (κ2) is 8.52. The predicted molar refractivity (Wildman–Crippen MR) is 107 cm³/mol. The van der Waals surface area contributed by atoms with E-state index in [9.17, 15) is 10.1 Å². The number of aromatic nitrogens is 2. The molecule has 2 aliphatic rings. The number of hydrogen-bond acceptors (Lipinski definition) is 7. The third kappa shape index (κ3) is 4.44. The third-order valence-electron chi connectivity index (χ3n) is 5.03. The minimum atomic E-state index is -0.278. The number of rotatable bonds is 6. The van der Waals surface area contributed by atoms with Gasteiger partial charge in [-0.25, -0.2) is 9.97 Å². The molecule has 0 radical (unpaired) electrons. The normalized spacial score (nSPS) is 18.9. The van der Waals surface area contributed by atoms with Crippen LogP contribution in [0.4, 0.5) is 0 Å². The Hall–Kier alpha value is -2.42. The summed E-state index contributed by atoms with van der Waals surface area (Å²) in [6.45, 7) is 2.24. The molecular weight excluding hydrogens is 417 g/mol. The van der Waals surface area contributed by atoms with E-state index < -0.39 is 0 Å². The van der Waals surface area contributed by atoms with Crippen molar-refractivity contribution in [1.82, 2.24) is 19.8 Å². The van der Waals surface area contributed by atoms with Gasteiger partial charge in [-0.05, 0) is 23.3 Å². The quantitative estimate of drug-likeness (QED) is 0.388. The Morgan fingerprint density at radius 2 is 1.79 bits per heavy atom. The molecule has 1 saturated heterocycles. The lowest BCUT2D eigenvalue weighted by Gasteiger charge is -2.34. The lowest BCUT2D eigenvalue weighted by Crippen LogP contribution is -2.40. The summed E-state index contributed by atoms with van der Waals surface area (Å²) in [6, 6.07) is 7.19. The molecule has 0 aliphatic carbocycles. The van der Waals surface area contributed by atoms with Crippen LogP contribution in [0.15, 0.2) is 48.2 Å². The van der Waals surface area contributed by atoms with E-state index in [2.05, 4.69) is 9.97 Å². The standard InChI is InChI=1S/C19H19Cl2N5O3/c20-16-4-1-13(9-22-16)11-24-7-8-25-18(6-3-15(19(24)25)26(27)28)29-12-14-2-5-17(21)23-10-14/h1-2,4-5,9-10,18H,3,6-8,11-12H2. The Morgan fingerprint density at radius 3 is 2.41 bits per heavy atom. The maximum Gasteiger partial charge on any atom is 0.286 e. The number of halogens is 2. The Balaban J connectivity index is 1.51. The Labute approximate surface area is 177 Å². The van der Waals surface area contributed by atoms with Gasteiger partial charge in [0.25, 0.3) is 5.70 Å². The van der Waals surface area contributed by atoms with Crippen LogP contribution in [0.5, 0.6) is 0 Å². The minimum absolute atomic E-state index is 0.224. The van der Waals surface area contributed by atoms with E-state index >= 15 is 0 Å². The molecular formula is C19H19Cl2N5O3. The van der Waals surface area contributed by atoms with Crippen molar-refractivity contribution in [2.24, 2.45) is 0 Å². The minimum Gasteiger partial charge on any atom is -0.354 e. The highest BCUT2D eigenvalue weighted by Crippen LogP contribution is 2.35. The maximum absolute atomic E-state index is 11.7. The van der Waals surface area contributed by atoms with Gasteiger partial charge >= 0.3 is 0 Å². The molecule has 0 aromatic carbocycles. The lowest BCUT2D eigenvalue weighted by molar-refractivity contribution is -0.433. The first-order valence-electron chi connectivity index (χ1n) is 9.23. The highest BCUT2D eigenvalue weighted by atomic mass is 35.5. The van der Waals surface area contributed by atoms with Gasteiger partial charge in [-0.15, -0.1) is 0 Å². The van der Waals surface area contributed by atoms with E-state index in [0.717, 1.165) is 11.1 Å². The van der Waals surface area contributed by atoms with E-state index in [4.69, 9.17) is 27.9 Å². The molecule has 0 N–H and O–H groups in total. The van der Waals surface area contributed by atoms with Gasteiger partial charge in [0.05, 0.1) is 11.5 Å². The average Bonchev–Trinajstić information content (AvgIpc) is 3.13. The van der Waals surface area contributed by atoms with E-state index in [1.165, 1.54) is 0 Å². The van der Waals surface area contributed by atoms with Crippen molar-refractivity contribution in [3.8, 4) is 0 Å². The van der Waals surface area contributed by atoms with Crippen molar-refractivity contribution in [3.63, 3.8) is 0 Å². The first kappa shape index (κ1) is 19.9. The van der Waals surface area contributed by atoms with E-state index in [-0.39, 0.29) is 16.8 Å². The van der Waals surface area contributed by atoms with E-state index in [0.29, 0.717) is 55.2 Å². The second-order valence-corrected chi connectivity index (χ2v) is 7.70. The van der Waals surface area contributed by atoms with Gasteiger partial charge in [-0.1, -0.05) is 35.3 Å². The maximum atomic E-state index is 11.7. The van der Waals surface area contributed by atoms with Crippen molar-refractivity contribution in [2.45, 2.75) is 32.2 Å². The number of hydrogen-bond donors (Lipinski definition) is 0. The van der Waals surface area contributed by atoms with Gasteiger partial charge in [0.15, 0.2) is 5.82 Å². The van der Waals surface area contributed by atoms with Crippen LogP contribution in [0.2, 0.25) is 10.3 Å². The zero-order valence-electron chi connectivity index (χ0n) is 15.5. The van der Waals surface area contributed by atoms with Gasteiger partial charge in [0.1, 0.15) is 16.5 Å². The molecule has 1 atom stereocenters. The van der Waals surface area contributed by atoms with Crippen molar-refractivity contribution >= 4 is 23.2 Å². The Kier molecular flexibility index (Phi) is 5.84. The molecule has 0 bridgehead atoms. The Morgan fingerprint density at radius 1 is 1.10 bits per heavy atom. The Bertz CT molecular complexity index is 920. The molecule has 0 spiro atoms. The van der Waals surface area contributed by atoms with Gasteiger partial charge in [0, 0.05) is 44.9 Å². The van der Waals surface area contributed by atoms with Crippen LogP contribution in [0.1, 0.15) is 24.0 Å². The first-order valence-corrected chi connectivity index (χ1v) is 9.98. The number of pyridine rings is 2.